The highest BCUT2D eigenvalue weighted by Gasteiger charge is 2.62. The molecular weight excluding hydrogens is 231 g/mol. The van der Waals surface area contributed by atoms with E-state index in [0.717, 1.165) is 12.1 Å². The standard InChI is InChI=1S/C10H9F5O/c1-6-3-2-4-7(5-6)8(16)9(11,12)10(13,14)15/h2-5,8,16H,1H3. The fourth-order valence-corrected chi connectivity index (χ4v) is 1.20. The molecule has 0 aliphatic rings. The Balaban J connectivity index is 3.07. The molecule has 0 radical (unpaired) electrons. The maximum absolute atomic E-state index is 12.8. The summed E-state index contributed by atoms with van der Waals surface area (Å²) in [4.78, 5) is 0. The Bertz CT molecular complexity index is 372. The summed E-state index contributed by atoms with van der Waals surface area (Å²) in [5, 5.41) is 9.04. The van der Waals surface area contributed by atoms with Crippen LogP contribution in [0.25, 0.3) is 0 Å². The van der Waals surface area contributed by atoms with Gasteiger partial charge >= 0.3 is 12.1 Å². The molecule has 16 heavy (non-hydrogen) atoms. The minimum absolute atomic E-state index is 0.456. The molecule has 0 aliphatic heterocycles. The predicted octanol–water partition coefficient (Wildman–Crippen LogP) is 3.23. The van der Waals surface area contributed by atoms with Gasteiger partial charge in [-0.1, -0.05) is 29.8 Å². The van der Waals surface area contributed by atoms with Crippen LogP contribution >= 0.6 is 0 Å². The van der Waals surface area contributed by atoms with Gasteiger partial charge in [-0.2, -0.15) is 22.0 Å². The van der Waals surface area contributed by atoms with Gasteiger partial charge < -0.3 is 5.11 Å². The van der Waals surface area contributed by atoms with Gasteiger partial charge in [-0.15, -0.1) is 0 Å². The quantitative estimate of drug-likeness (QED) is 0.787. The molecule has 1 N–H and O–H groups in total. The van der Waals surface area contributed by atoms with Crippen LogP contribution < -0.4 is 0 Å². The van der Waals surface area contributed by atoms with Gasteiger partial charge in [0.05, 0.1) is 0 Å². The van der Waals surface area contributed by atoms with Crippen molar-refractivity contribution in [3.8, 4) is 0 Å². The molecule has 0 amide bonds. The van der Waals surface area contributed by atoms with Crippen molar-refractivity contribution >= 4 is 0 Å². The lowest BCUT2D eigenvalue weighted by atomic mass is 10.0. The summed E-state index contributed by atoms with van der Waals surface area (Å²) in [7, 11) is 0. The van der Waals surface area contributed by atoms with Crippen LogP contribution in [0.5, 0.6) is 0 Å². The Hall–Kier alpha value is -1.17. The van der Waals surface area contributed by atoms with Gasteiger partial charge in [0.25, 0.3) is 0 Å². The third kappa shape index (κ3) is 2.32. The Morgan fingerprint density at radius 3 is 2.12 bits per heavy atom. The van der Waals surface area contributed by atoms with E-state index in [1.807, 2.05) is 0 Å². The molecule has 0 heterocycles. The summed E-state index contributed by atoms with van der Waals surface area (Å²) < 4.78 is 61.4. The average molecular weight is 240 g/mol. The smallest absolute Gasteiger partial charge is 0.382 e. The molecule has 0 aliphatic carbocycles. The second kappa shape index (κ2) is 4.01. The summed E-state index contributed by atoms with van der Waals surface area (Å²) in [5.74, 6) is -5.15. The van der Waals surface area contributed by atoms with Gasteiger partial charge in [-0.25, -0.2) is 0 Å². The average Bonchev–Trinajstić information content (AvgIpc) is 2.14. The number of alkyl halides is 5. The van der Waals surface area contributed by atoms with Crippen molar-refractivity contribution in [2.45, 2.75) is 25.1 Å². The molecule has 1 unspecified atom stereocenters. The molecule has 0 spiro atoms. The van der Waals surface area contributed by atoms with Crippen LogP contribution in [0.3, 0.4) is 0 Å². The third-order valence-electron chi connectivity index (χ3n) is 2.08. The lowest BCUT2D eigenvalue weighted by Gasteiger charge is -2.25. The van der Waals surface area contributed by atoms with E-state index in [1.54, 1.807) is 0 Å². The molecule has 0 saturated heterocycles. The van der Waals surface area contributed by atoms with Crippen molar-refractivity contribution in [1.29, 1.82) is 0 Å². The molecule has 0 saturated carbocycles. The van der Waals surface area contributed by atoms with Crippen LogP contribution in [0.4, 0.5) is 22.0 Å². The summed E-state index contributed by atoms with van der Waals surface area (Å²) in [6, 6.07) is 4.95. The maximum atomic E-state index is 12.8. The van der Waals surface area contributed by atoms with E-state index in [0.29, 0.717) is 5.56 Å². The monoisotopic (exact) mass is 240 g/mol. The minimum atomic E-state index is -5.77. The molecule has 1 aromatic carbocycles. The van der Waals surface area contributed by atoms with Crippen molar-refractivity contribution in [1.82, 2.24) is 0 Å². The Kier molecular flexibility index (Phi) is 3.23. The highest BCUT2D eigenvalue weighted by molar-refractivity contribution is 5.25. The number of hydrogen-bond donors (Lipinski definition) is 1. The lowest BCUT2D eigenvalue weighted by molar-refractivity contribution is -0.315. The van der Waals surface area contributed by atoms with E-state index >= 15 is 0 Å². The second-order valence-electron chi connectivity index (χ2n) is 3.44. The molecule has 1 nitrogen and oxygen atoms in total. The molecule has 0 aromatic heterocycles. The van der Waals surface area contributed by atoms with E-state index in [1.165, 1.54) is 19.1 Å². The predicted molar refractivity (Wildman–Crippen MR) is 47.1 cm³/mol. The first-order valence-corrected chi connectivity index (χ1v) is 4.35. The van der Waals surface area contributed by atoms with E-state index in [2.05, 4.69) is 0 Å². The topological polar surface area (TPSA) is 20.2 Å². The summed E-state index contributed by atoms with van der Waals surface area (Å²) in [5.41, 5.74) is 0.0387. The van der Waals surface area contributed by atoms with Gasteiger partial charge in [0.2, 0.25) is 0 Å². The summed E-state index contributed by atoms with van der Waals surface area (Å²) >= 11 is 0. The number of halogens is 5. The second-order valence-corrected chi connectivity index (χ2v) is 3.44. The zero-order valence-electron chi connectivity index (χ0n) is 8.22. The molecule has 1 aromatic rings. The van der Waals surface area contributed by atoms with Crippen molar-refractivity contribution in [3.05, 3.63) is 35.4 Å². The van der Waals surface area contributed by atoms with E-state index in [4.69, 9.17) is 5.11 Å². The van der Waals surface area contributed by atoms with Crippen molar-refractivity contribution < 1.29 is 27.1 Å². The zero-order chi connectivity index (χ0) is 12.6. The number of aryl methyl sites for hydroxylation is 1. The molecule has 6 heteroatoms. The minimum Gasteiger partial charge on any atom is -0.382 e. The molecule has 0 fully saturated rings. The fraction of sp³-hybridized carbons (Fsp3) is 0.400. The number of aliphatic hydroxyl groups is 1. The van der Waals surface area contributed by atoms with Crippen molar-refractivity contribution in [2.24, 2.45) is 0 Å². The van der Waals surface area contributed by atoms with E-state index in [9.17, 15) is 22.0 Å². The first-order valence-electron chi connectivity index (χ1n) is 4.35. The fourth-order valence-electron chi connectivity index (χ4n) is 1.20. The van der Waals surface area contributed by atoms with E-state index in [-0.39, 0.29) is 0 Å². The number of rotatable bonds is 2. The van der Waals surface area contributed by atoms with E-state index < -0.39 is 23.8 Å². The van der Waals surface area contributed by atoms with Gasteiger partial charge in [-0.3, -0.25) is 0 Å². The van der Waals surface area contributed by atoms with Gasteiger partial charge in [0.15, 0.2) is 6.10 Å². The highest BCUT2D eigenvalue weighted by Crippen LogP contribution is 2.44. The first kappa shape index (κ1) is 12.9. The van der Waals surface area contributed by atoms with Crippen LogP contribution in [0, 0.1) is 6.92 Å². The van der Waals surface area contributed by atoms with Crippen LogP contribution in [0.1, 0.15) is 17.2 Å². The first-order chi connectivity index (χ1) is 7.16. The van der Waals surface area contributed by atoms with Crippen LogP contribution in [-0.4, -0.2) is 17.2 Å². The molecule has 1 atom stereocenters. The normalized spacial score (nSPS) is 14.9. The third-order valence-corrected chi connectivity index (χ3v) is 2.08. The summed E-state index contributed by atoms with van der Waals surface area (Å²) in [6.45, 7) is 1.53. The maximum Gasteiger partial charge on any atom is 0.456 e. The molecule has 1 rings (SSSR count). The largest absolute Gasteiger partial charge is 0.456 e. The van der Waals surface area contributed by atoms with Gasteiger partial charge in [-0.05, 0) is 12.5 Å². The number of hydrogen-bond acceptors (Lipinski definition) is 1. The van der Waals surface area contributed by atoms with Crippen molar-refractivity contribution in [2.75, 3.05) is 0 Å². The zero-order valence-corrected chi connectivity index (χ0v) is 8.22. The van der Waals surface area contributed by atoms with Crippen LogP contribution in [0.2, 0.25) is 0 Å². The number of aliphatic hydroxyl groups excluding tert-OH is 1. The van der Waals surface area contributed by atoms with Crippen molar-refractivity contribution in [3.63, 3.8) is 0 Å². The molecule has 90 valence electrons. The van der Waals surface area contributed by atoms with Crippen LogP contribution in [-0.2, 0) is 0 Å². The molecular formula is C10H9F5O. The molecule has 0 bridgehead atoms. The van der Waals surface area contributed by atoms with Gasteiger partial charge in [0, 0.05) is 0 Å². The Labute approximate surface area is 88.5 Å². The summed E-state index contributed by atoms with van der Waals surface area (Å²) in [6.07, 6.45) is -8.65. The Morgan fingerprint density at radius 1 is 1.12 bits per heavy atom. The Morgan fingerprint density at radius 2 is 1.69 bits per heavy atom. The highest BCUT2D eigenvalue weighted by atomic mass is 19.4. The van der Waals surface area contributed by atoms with Gasteiger partial charge in [0.1, 0.15) is 0 Å². The number of benzene rings is 1. The SMILES string of the molecule is Cc1cccc(C(O)C(F)(F)C(F)(F)F)c1. The lowest BCUT2D eigenvalue weighted by Crippen LogP contribution is -2.42. The van der Waals surface area contributed by atoms with Crippen LogP contribution in [0.15, 0.2) is 24.3 Å².